The predicted molar refractivity (Wildman–Crippen MR) is 106 cm³/mol. The Hall–Kier alpha value is -1.86. The van der Waals surface area contributed by atoms with Crippen molar-refractivity contribution in [1.82, 2.24) is 15.1 Å². The minimum absolute atomic E-state index is 0.0107. The second-order valence-corrected chi connectivity index (χ2v) is 7.74. The predicted octanol–water partition coefficient (Wildman–Crippen LogP) is 4.53. The largest absolute Gasteiger partial charge is 0.357 e. The maximum absolute atomic E-state index is 12.3. The first kappa shape index (κ1) is 18.9. The molecule has 3 rings (SSSR count). The third-order valence-corrected chi connectivity index (χ3v) is 4.95. The highest BCUT2D eigenvalue weighted by molar-refractivity contribution is 9.10. The molecule has 26 heavy (non-hydrogen) atoms. The number of rotatable bonds is 5. The Morgan fingerprint density at radius 1 is 1.35 bits per heavy atom. The lowest BCUT2D eigenvalue weighted by atomic mass is 10.1. The first-order valence-corrected chi connectivity index (χ1v) is 9.78. The van der Waals surface area contributed by atoms with Crippen molar-refractivity contribution in [1.29, 1.82) is 0 Å². The van der Waals surface area contributed by atoms with Crippen LogP contribution in [0.5, 0.6) is 0 Å². The van der Waals surface area contributed by atoms with Crippen molar-refractivity contribution in [2.75, 3.05) is 11.9 Å². The van der Waals surface area contributed by atoms with E-state index in [0.717, 1.165) is 47.5 Å². The van der Waals surface area contributed by atoms with E-state index in [9.17, 15) is 4.79 Å². The molecule has 1 amide bonds. The summed E-state index contributed by atoms with van der Waals surface area (Å²) in [5.41, 5.74) is 2.46. The van der Waals surface area contributed by atoms with Gasteiger partial charge in [0.25, 0.3) is 5.91 Å². The molecule has 0 bridgehead atoms. The van der Waals surface area contributed by atoms with E-state index in [1.807, 2.05) is 49.7 Å². The van der Waals surface area contributed by atoms with E-state index in [0.29, 0.717) is 5.56 Å². The average molecular weight is 421 g/mol. The number of hydrogen-bond donors (Lipinski definition) is 2. The number of nitrogens with zero attached hydrogens (tertiary/aromatic N) is 2. The number of nitrogens with one attached hydrogen (secondary N) is 2. The maximum atomic E-state index is 12.3. The van der Waals surface area contributed by atoms with Gasteiger partial charge in [-0.2, -0.15) is 5.10 Å². The van der Waals surface area contributed by atoms with E-state index in [-0.39, 0.29) is 18.2 Å². The number of benzene rings is 1. The van der Waals surface area contributed by atoms with Gasteiger partial charge in [-0.1, -0.05) is 0 Å². The van der Waals surface area contributed by atoms with Gasteiger partial charge in [0.1, 0.15) is 0 Å². The lowest BCUT2D eigenvalue weighted by molar-refractivity contribution is -0.0404. The Morgan fingerprint density at radius 2 is 2.15 bits per heavy atom. The van der Waals surface area contributed by atoms with Crippen LogP contribution in [0, 0.1) is 6.92 Å². The van der Waals surface area contributed by atoms with Crippen molar-refractivity contribution in [2.24, 2.45) is 0 Å². The molecule has 0 radical (unpaired) electrons. The van der Waals surface area contributed by atoms with Gasteiger partial charge in [0.05, 0.1) is 5.56 Å². The summed E-state index contributed by atoms with van der Waals surface area (Å²) >= 11 is 3.45. The molecule has 1 aromatic carbocycles. The van der Waals surface area contributed by atoms with Gasteiger partial charge in [-0.05, 0) is 74.2 Å². The maximum Gasteiger partial charge on any atom is 0.252 e. The first-order chi connectivity index (χ1) is 12.4. The quantitative estimate of drug-likeness (QED) is 0.744. The fraction of sp³-hybridized carbons (Fsp3) is 0.474. The Balaban J connectivity index is 1.78. The van der Waals surface area contributed by atoms with Crippen LogP contribution in [0.2, 0.25) is 0 Å². The van der Waals surface area contributed by atoms with Crippen LogP contribution < -0.4 is 10.6 Å². The van der Waals surface area contributed by atoms with Crippen molar-refractivity contribution >= 4 is 33.3 Å². The zero-order chi connectivity index (χ0) is 18.7. The van der Waals surface area contributed by atoms with Crippen LogP contribution in [0.15, 0.2) is 28.7 Å². The molecule has 1 aliphatic rings. The topological polar surface area (TPSA) is 68.2 Å². The van der Waals surface area contributed by atoms with Crippen LogP contribution in [-0.2, 0) is 4.74 Å². The zero-order valence-corrected chi connectivity index (χ0v) is 17.0. The second kappa shape index (κ2) is 8.22. The molecule has 2 aromatic rings. The average Bonchev–Trinajstić information content (AvgIpc) is 2.97. The van der Waals surface area contributed by atoms with Gasteiger partial charge in [-0.15, -0.1) is 0 Å². The molecule has 0 aliphatic carbocycles. The number of carbonyl (C=O) groups excluding carboxylic acids is 1. The minimum atomic E-state index is -0.104. The molecule has 0 saturated carbocycles. The third-order valence-electron chi connectivity index (χ3n) is 4.25. The summed E-state index contributed by atoms with van der Waals surface area (Å²) in [4.78, 5) is 12.3. The van der Waals surface area contributed by atoms with Crippen molar-refractivity contribution < 1.29 is 9.53 Å². The van der Waals surface area contributed by atoms with Gasteiger partial charge in [0.2, 0.25) is 0 Å². The molecule has 140 valence electrons. The smallest absolute Gasteiger partial charge is 0.252 e. The summed E-state index contributed by atoms with van der Waals surface area (Å²) in [6.07, 6.45) is 3.27. The monoisotopic (exact) mass is 420 g/mol. The number of carbonyl (C=O) groups is 1. The van der Waals surface area contributed by atoms with E-state index in [1.165, 1.54) is 0 Å². The molecule has 0 spiro atoms. The van der Waals surface area contributed by atoms with E-state index in [2.05, 4.69) is 31.7 Å². The van der Waals surface area contributed by atoms with Gasteiger partial charge in [-0.25, -0.2) is 4.68 Å². The summed E-state index contributed by atoms with van der Waals surface area (Å²) in [5, 5.41) is 10.8. The fourth-order valence-electron chi connectivity index (χ4n) is 3.02. The van der Waals surface area contributed by atoms with E-state index in [1.54, 1.807) is 0 Å². The standard InChI is InChI=1S/C19H25BrN4O2/c1-12(2)21-19(25)15-11-14(7-8-16(15)20)22-17-10-13(3)24(23-17)18-6-4-5-9-26-18/h7-8,10-12,18H,4-6,9H2,1-3H3,(H,21,25)(H,22,23). The molecular weight excluding hydrogens is 396 g/mol. The van der Waals surface area contributed by atoms with Gasteiger partial charge < -0.3 is 15.4 Å². The molecule has 1 atom stereocenters. The highest BCUT2D eigenvalue weighted by Gasteiger charge is 2.19. The van der Waals surface area contributed by atoms with E-state index in [4.69, 9.17) is 4.74 Å². The van der Waals surface area contributed by atoms with Crippen molar-refractivity contribution in [2.45, 2.75) is 52.3 Å². The minimum Gasteiger partial charge on any atom is -0.357 e. The molecule has 1 fully saturated rings. The SMILES string of the molecule is Cc1cc(Nc2ccc(Br)c(C(=O)NC(C)C)c2)nn1C1CCCCO1. The molecule has 1 aliphatic heterocycles. The third kappa shape index (κ3) is 4.45. The fourth-order valence-corrected chi connectivity index (χ4v) is 3.45. The molecule has 1 unspecified atom stereocenters. The summed E-state index contributed by atoms with van der Waals surface area (Å²) < 4.78 is 8.52. The van der Waals surface area contributed by atoms with Gasteiger partial charge in [0, 0.05) is 34.6 Å². The number of halogens is 1. The lowest BCUT2D eigenvalue weighted by Crippen LogP contribution is -2.30. The number of ether oxygens (including phenoxy) is 1. The zero-order valence-electron chi connectivity index (χ0n) is 15.4. The summed E-state index contributed by atoms with van der Waals surface area (Å²) in [6.45, 7) is 6.69. The van der Waals surface area contributed by atoms with Crippen LogP contribution in [-0.4, -0.2) is 28.3 Å². The normalized spacial score (nSPS) is 17.3. The molecule has 2 heterocycles. The number of hydrogen-bond acceptors (Lipinski definition) is 4. The number of amides is 1. The summed E-state index contributed by atoms with van der Waals surface area (Å²) in [6, 6.07) is 7.69. The van der Waals surface area contributed by atoms with E-state index >= 15 is 0 Å². The second-order valence-electron chi connectivity index (χ2n) is 6.88. The molecule has 1 aromatic heterocycles. The highest BCUT2D eigenvalue weighted by atomic mass is 79.9. The molecule has 6 nitrogen and oxygen atoms in total. The van der Waals surface area contributed by atoms with Crippen molar-refractivity contribution in [3.8, 4) is 0 Å². The Bertz CT molecular complexity index is 782. The Labute approximate surface area is 162 Å². The molecule has 1 saturated heterocycles. The van der Waals surface area contributed by atoms with Gasteiger partial charge >= 0.3 is 0 Å². The van der Waals surface area contributed by atoms with Crippen LogP contribution in [0.4, 0.5) is 11.5 Å². The summed E-state index contributed by atoms with van der Waals surface area (Å²) in [7, 11) is 0. The van der Waals surface area contributed by atoms with Crippen molar-refractivity contribution in [3.05, 3.63) is 40.0 Å². The number of aromatic nitrogens is 2. The number of aryl methyl sites for hydroxylation is 1. The molecule has 2 N–H and O–H groups in total. The molecule has 7 heteroatoms. The van der Waals surface area contributed by atoms with Crippen LogP contribution in [0.3, 0.4) is 0 Å². The molecular formula is C19H25BrN4O2. The Morgan fingerprint density at radius 3 is 2.85 bits per heavy atom. The van der Waals surface area contributed by atoms with E-state index < -0.39 is 0 Å². The van der Waals surface area contributed by atoms with Crippen LogP contribution in [0.1, 0.15) is 55.4 Å². The van der Waals surface area contributed by atoms with Gasteiger partial charge in [-0.3, -0.25) is 4.79 Å². The van der Waals surface area contributed by atoms with Crippen LogP contribution >= 0.6 is 15.9 Å². The van der Waals surface area contributed by atoms with Gasteiger partial charge in [0.15, 0.2) is 12.0 Å². The van der Waals surface area contributed by atoms with Crippen molar-refractivity contribution in [3.63, 3.8) is 0 Å². The first-order valence-electron chi connectivity index (χ1n) is 8.99. The summed E-state index contributed by atoms with van der Waals surface area (Å²) in [5.74, 6) is 0.641. The highest BCUT2D eigenvalue weighted by Crippen LogP contribution is 2.27. The van der Waals surface area contributed by atoms with Crippen LogP contribution in [0.25, 0.3) is 0 Å². The lowest BCUT2D eigenvalue weighted by Gasteiger charge is -2.23. The number of anilines is 2. The Kier molecular flexibility index (Phi) is 5.98.